The van der Waals surface area contributed by atoms with Crippen LogP contribution in [0.4, 0.5) is 4.39 Å². The highest BCUT2D eigenvalue weighted by Gasteiger charge is 2.21. The van der Waals surface area contributed by atoms with Crippen LogP contribution >= 0.6 is 7.60 Å². The second-order valence-corrected chi connectivity index (χ2v) is 3.76. The predicted octanol–water partition coefficient (Wildman–Crippen LogP) is -0.0231. The van der Waals surface area contributed by atoms with Gasteiger partial charge in [0.1, 0.15) is 0 Å². The molecule has 0 bridgehead atoms. The molecule has 0 saturated carbocycles. The molecule has 0 radical (unpaired) electrons. The first-order valence-corrected chi connectivity index (χ1v) is 4.54. The van der Waals surface area contributed by atoms with Crippen LogP contribution in [0.3, 0.4) is 0 Å². The van der Waals surface area contributed by atoms with E-state index in [9.17, 15) is 13.8 Å². The summed E-state index contributed by atoms with van der Waals surface area (Å²) < 4.78 is 22.2. The van der Waals surface area contributed by atoms with Crippen LogP contribution in [0, 0.1) is 0 Å². The summed E-state index contributed by atoms with van der Waals surface area (Å²) in [5.41, 5.74) is 0. The molecule has 0 saturated heterocycles. The van der Waals surface area contributed by atoms with Crippen molar-refractivity contribution in [3.05, 3.63) is 0 Å². The molecule has 1 atom stereocenters. The monoisotopic (exact) mass is 186 g/mol. The van der Waals surface area contributed by atoms with Gasteiger partial charge in [0.05, 0.1) is 6.16 Å². The summed E-state index contributed by atoms with van der Waals surface area (Å²) in [7, 11) is -4.26. The summed E-state index contributed by atoms with van der Waals surface area (Å²) in [6.07, 6.45) is -3.58. The maximum Gasteiger partial charge on any atom is 0.338 e. The van der Waals surface area contributed by atoms with Crippen LogP contribution < -0.4 is 0 Å². The van der Waals surface area contributed by atoms with E-state index in [4.69, 9.17) is 14.9 Å². The van der Waals surface area contributed by atoms with E-state index < -0.39 is 32.3 Å². The molecule has 0 aromatic rings. The van der Waals surface area contributed by atoms with E-state index in [1.165, 1.54) is 0 Å². The number of carbonyl (C=O) groups is 1. The van der Waals surface area contributed by atoms with E-state index in [2.05, 4.69) is 0 Å². The maximum atomic E-state index is 12.1. The van der Waals surface area contributed by atoms with Crippen molar-refractivity contribution in [3.8, 4) is 0 Å². The number of alkyl halides is 1. The van der Waals surface area contributed by atoms with Gasteiger partial charge in [0, 0.05) is 6.42 Å². The second kappa shape index (κ2) is 3.80. The van der Waals surface area contributed by atoms with E-state index in [0.717, 1.165) is 0 Å². The van der Waals surface area contributed by atoms with Crippen molar-refractivity contribution in [2.75, 3.05) is 6.16 Å². The van der Waals surface area contributed by atoms with Gasteiger partial charge in [-0.2, -0.15) is 0 Å². The Hall–Kier alpha value is -0.450. The molecule has 0 aromatic carbocycles. The molecule has 0 unspecified atom stereocenters. The van der Waals surface area contributed by atoms with Crippen LogP contribution in [0.5, 0.6) is 0 Å². The highest BCUT2D eigenvalue weighted by Crippen LogP contribution is 2.35. The molecule has 0 heterocycles. The first-order chi connectivity index (χ1) is 4.83. The molecule has 0 rings (SSSR count). The Bertz CT molecular complexity index is 187. The first-order valence-electron chi connectivity index (χ1n) is 2.74. The highest BCUT2D eigenvalue weighted by atomic mass is 31.2. The SMILES string of the molecule is O=C(O)[C@H](F)CCP(=O)(O)O. The van der Waals surface area contributed by atoms with Crippen LogP contribution in [0.2, 0.25) is 0 Å². The molecule has 0 spiro atoms. The van der Waals surface area contributed by atoms with E-state index in [1.54, 1.807) is 0 Å². The zero-order valence-corrected chi connectivity index (χ0v) is 6.37. The minimum absolute atomic E-state index is 0.653. The summed E-state index contributed by atoms with van der Waals surface area (Å²) in [4.78, 5) is 26.2. The molecule has 0 fully saturated rings. The van der Waals surface area contributed by atoms with Gasteiger partial charge in [0.25, 0.3) is 0 Å². The van der Waals surface area contributed by atoms with Crippen molar-refractivity contribution in [2.45, 2.75) is 12.6 Å². The predicted molar refractivity (Wildman–Crippen MR) is 34.1 cm³/mol. The van der Waals surface area contributed by atoms with Crippen molar-refractivity contribution >= 4 is 13.6 Å². The Morgan fingerprint density at radius 1 is 1.55 bits per heavy atom. The molecule has 0 aliphatic rings. The summed E-state index contributed by atoms with van der Waals surface area (Å²) in [5, 5.41) is 7.95. The molecule has 7 heteroatoms. The number of rotatable bonds is 4. The lowest BCUT2D eigenvalue weighted by molar-refractivity contribution is -0.142. The fourth-order valence-electron chi connectivity index (χ4n) is 0.405. The Kier molecular flexibility index (Phi) is 3.65. The van der Waals surface area contributed by atoms with Gasteiger partial charge < -0.3 is 14.9 Å². The lowest BCUT2D eigenvalue weighted by atomic mass is 10.3. The Balaban J connectivity index is 3.72. The lowest BCUT2D eigenvalue weighted by Crippen LogP contribution is -2.15. The van der Waals surface area contributed by atoms with Crippen molar-refractivity contribution in [3.63, 3.8) is 0 Å². The van der Waals surface area contributed by atoms with E-state index in [1.807, 2.05) is 0 Å². The zero-order chi connectivity index (χ0) is 9.07. The summed E-state index contributed by atoms with van der Waals surface area (Å²) in [6.45, 7) is 0. The molecular weight excluding hydrogens is 178 g/mol. The van der Waals surface area contributed by atoms with Gasteiger partial charge in [-0.3, -0.25) is 4.57 Å². The van der Waals surface area contributed by atoms with Crippen molar-refractivity contribution in [1.29, 1.82) is 0 Å². The fourth-order valence-corrected chi connectivity index (χ4v) is 0.968. The van der Waals surface area contributed by atoms with Crippen LogP contribution in [-0.4, -0.2) is 33.2 Å². The molecule has 0 aromatic heterocycles. The minimum atomic E-state index is -4.26. The third-order valence-corrected chi connectivity index (χ3v) is 1.78. The maximum absolute atomic E-state index is 12.1. The van der Waals surface area contributed by atoms with Gasteiger partial charge in [-0.15, -0.1) is 0 Å². The quantitative estimate of drug-likeness (QED) is 0.536. The smallest absolute Gasteiger partial charge is 0.338 e. The average molecular weight is 186 g/mol. The van der Waals surface area contributed by atoms with Gasteiger partial charge in [0.15, 0.2) is 6.17 Å². The molecule has 0 aliphatic carbocycles. The summed E-state index contributed by atoms with van der Waals surface area (Å²) in [6, 6.07) is 0. The third-order valence-electron chi connectivity index (χ3n) is 0.942. The van der Waals surface area contributed by atoms with Crippen LogP contribution in [0.25, 0.3) is 0 Å². The number of hydrogen-bond acceptors (Lipinski definition) is 2. The largest absolute Gasteiger partial charge is 0.479 e. The number of halogens is 1. The molecule has 3 N–H and O–H groups in total. The van der Waals surface area contributed by atoms with E-state index in [-0.39, 0.29) is 0 Å². The van der Waals surface area contributed by atoms with Gasteiger partial charge >= 0.3 is 13.6 Å². The van der Waals surface area contributed by atoms with Crippen LogP contribution in [0.15, 0.2) is 0 Å². The Morgan fingerprint density at radius 2 is 2.00 bits per heavy atom. The minimum Gasteiger partial charge on any atom is -0.479 e. The Morgan fingerprint density at radius 3 is 2.27 bits per heavy atom. The van der Waals surface area contributed by atoms with Gasteiger partial charge in [0.2, 0.25) is 0 Å². The molecule has 0 aliphatic heterocycles. The fraction of sp³-hybridized carbons (Fsp3) is 0.750. The normalized spacial score (nSPS) is 14.5. The van der Waals surface area contributed by atoms with Crippen molar-refractivity contribution in [2.24, 2.45) is 0 Å². The van der Waals surface area contributed by atoms with Gasteiger partial charge in [-0.05, 0) is 0 Å². The highest BCUT2D eigenvalue weighted by molar-refractivity contribution is 7.51. The second-order valence-electron chi connectivity index (χ2n) is 1.98. The number of hydrogen-bond donors (Lipinski definition) is 3. The molecular formula is C4H8FO5P. The topological polar surface area (TPSA) is 94.8 Å². The van der Waals surface area contributed by atoms with E-state index >= 15 is 0 Å². The molecule has 11 heavy (non-hydrogen) atoms. The first kappa shape index (κ1) is 10.6. The number of carboxylic acids is 1. The summed E-state index contributed by atoms with van der Waals surface area (Å²) >= 11 is 0. The Labute approximate surface area is 62.0 Å². The van der Waals surface area contributed by atoms with Crippen molar-refractivity contribution < 1.29 is 28.6 Å². The van der Waals surface area contributed by atoms with Crippen molar-refractivity contribution in [1.82, 2.24) is 0 Å². The summed E-state index contributed by atoms with van der Waals surface area (Å²) in [5.74, 6) is -1.70. The molecule has 0 amide bonds. The van der Waals surface area contributed by atoms with E-state index in [0.29, 0.717) is 0 Å². The van der Waals surface area contributed by atoms with Crippen LogP contribution in [0.1, 0.15) is 6.42 Å². The number of carboxylic acid groups (broad SMARTS) is 1. The third kappa shape index (κ3) is 5.97. The van der Waals surface area contributed by atoms with Gasteiger partial charge in [-0.1, -0.05) is 0 Å². The number of aliphatic carboxylic acids is 1. The molecule has 66 valence electrons. The van der Waals surface area contributed by atoms with Gasteiger partial charge in [-0.25, -0.2) is 9.18 Å². The zero-order valence-electron chi connectivity index (χ0n) is 5.47. The lowest BCUT2D eigenvalue weighted by Gasteiger charge is -2.03. The van der Waals surface area contributed by atoms with Crippen LogP contribution in [-0.2, 0) is 9.36 Å². The standard InChI is InChI=1S/C4H8FO5P/c5-3(4(6)7)1-2-11(8,9)10/h3H,1-2H2,(H,6,7)(H2,8,9,10)/t3-/m1/s1. The average Bonchev–Trinajstić information content (AvgIpc) is 1.80. The molecule has 5 nitrogen and oxygen atoms in total.